The van der Waals surface area contributed by atoms with E-state index in [1.54, 1.807) is 30.5 Å². The molecule has 4 heteroatoms. The molecule has 1 atom stereocenters. The van der Waals surface area contributed by atoms with Crippen molar-refractivity contribution in [2.75, 3.05) is 6.26 Å². The highest BCUT2D eigenvalue weighted by Crippen LogP contribution is 2.21. The molecular formula is C10H11ClO2S. The molecule has 1 unspecified atom stereocenters. The standard InChI is InChI=1S/C10H11ClO2S/c1-14-10(13)6-9(12)7-3-2-4-8(11)5-7/h2-5,9,12H,6H2,1H3. The average molecular weight is 231 g/mol. The van der Waals surface area contributed by atoms with Gasteiger partial charge < -0.3 is 5.11 Å². The number of benzene rings is 1. The molecule has 14 heavy (non-hydrogen) atoms. The van der Waals surface area contributed by atoms with Gasteiger partial charge >= 0.3 is 0 Å². The van der Waals surface area contributed by atoms with Crippen LogP contribution in [0.25, 0.3) is 0 Å². The number of aliphatic hydroxyl groups excluding tert-OH is 1. The second-order valence-corrected chi connectivity index (χ2v) is 4.15. The molecule has 0 saturated heterocycles. The lowest BCUT2D eigenvalue weighted by Gasteiger charge is -2.09. The number of thioether (sulfide) groups is 1. The molecule has 76 valence electrons. The molecule has 0 aliphatic carbocycles. The lowest BCUT2D eigenvalue weighted by atomic mass is 10.1. The van der Waals surface area contributed by atoms with Crippen LogP contribution in [0.3, 0.4) is 0 Å². The van der Waals surface area contributed by atoms with Crippen LogP contribution in [0.4, 0.5) is 0 Å². The van der Waals surface area contributed by atoms with E-state index in [-0.39, 0.29) is 11.5 Å². The largest absolute Gasteiger partial charge is 0.388 e. The zero-order valence-corrected chi connectivity index (χ0v) is 9.31. The van der Waals surface area contributed by atoms with Crippen molar-refractivity contribution in [1.82, 2.24) is 0 Å². The van der Waals surface area contributed by atoms with Gasteiger partial charge in [0.2, 0.25) is 0 Å². The Kier molecular flexibility index (Phi) is 4.45. The van der Waals surface area contributed by atoms with Gasteiger partial charge in [-0.1, -0.05) is 35.5 Å². The van der Waals surface area contributed by atoms with Gasteiger partial charge in [0.1, 0.15) is 0 Å². The maximum atomic E-state index is 11.1. The fraction of sp³-hybridized carbons (Fsp3) is 0.300. The lowest BCUT2D eigenvalue weighted by molar-refractivity contribution is -0.112. The number of hydrogen-bond donors (Lipinski definition) is 1. The molecule has 0 saturated carbocycles. The van der Waals surface area contributed by atoms with Gasteiger partial charge in [-0.05, 0) is 24.0 Å². The Morgan fingerprint density at radius 2 is 2.36 bits per heavy atom. The summed E-state index contributed by atoms with van der Waals surface area (Å²) in [6.07, 6.45) is 1.07. The number of aliphatic hydroxyl groups is 1. The van der Waals surface area contributed by atoms with Crippen molar-refractivity contribution in [1.29, 1.82) is 0 Å². The van der Waals surface area contributed by atoms with Crippen molar-refractivity contribution in [2.45, 2.75) is 12.5 Å². The van der Waals surface area contributed by atoms with Gasteiger partial charge in [-0.25, -0.2) is 0 Å². The van der Waals surface area contributed by atoms with Crippen LogP contribution in [0.2, 0.25) is 5.02 Å². The number of halogens is 1. The second-order valence-electron chi connectivity index (χ2n) is 2.85. The number of carbonyl (C=O) groups is 1. The van der Waals surface area contributed by atoms with Gasteiger partial charge in [-0.3, -0.25) is 4.79 Å². The minimum absolute atomic E-state index is 0.0301. The van der Waals surface area contributed by atoms with Crippen molar-refractivity contribution < 1.29 is 9.90 Å². The summed E-state index contributed by atoms with van der Waals surface area (Å²) >= 11 is 6.88. The lowest BCUT2D eigenvalue weighted by Crippen LogP contribution is -2.02. The summed E-state index contributed by atoms with van der Waals surface area (Å²) in [6, 6.07) is 6.91. The highest BCUT2D eigenvalue weighted by Gasteiger charge is 2.12. The Morgan fingerprint density at radius 1 is 1.64 bits per heavy atom. The van der Waals surface area contributed by atoms with Gasteiger partial charge in [0.25, 0.3) is 0 Å². The van der Waals surface area contributed by atoms with E-state index in [1.165, 1.54) is 0 Å². The van der Waals surface area contributed by atoms with Crippen LogP contribution in [0.15, 0.2) is 24.3 Å². The van der Waals surface area contributed by atoms with E-state index >= 15 is 0 Å². The van der Waals surface area contributed by atoms with E-state index in [0.717, 1.165) is 11.8 Å². The molecule has 0 aliphatic heterocycles. The first kappa shape index (κ1) is 11.6. The van der Waals surface area contributed by atoms with Gasteiger partial charge in [0.05, 0.1) is 6.10 Å². The molecule has 0 heterocycles. The predicted molar refractivity (Wildman–Crippen MR) is 59.6 cm³/mol. The molecule has 1 aromatic carbocycles. The van der Waals surface area contributed by atoms with Crippen molar-refractivity contribution >= 4 is 28.5 Å². The summed E-state index contributed by atoms with van der Waals surface area (Å²) in [6.45, 7) is 0. The summed E-state index contributed by atoms with van der Waals surface area (Å²) in [4.78, 5) is 11.1. The van der Waals surface area contributed by atoms with E-state index in [9.17, 15) is 9.90 Å². The molecule has 1 rings (SSSR count). The van der Waals surface area contributed by atoms with Gasteiger partial charge in [-0.2, -0.15) is 0 Å². The minimum Gasteiger partial charge on any atom is -0.388 e. The van der Waals surface area contributed by atoms with Gasteiger partial charge in [0.15, 0.2) is 5.12 Å². The molecule has 0 spiro atoms. The molecule has 0 aromatic heterocycles. The smallest absolute Gasteiger partial charge is 0.191 e. The highest BCUT2D eigenvalue weighted by molar-refractivity contribution is 8.13. The van der Waals surface area contributed by atoms with E-state index in [2.05, 4.69) is 0 Å². The molecular weight excluding hydrogens is 220 g/mol. The second kappa shape index (κ2) is 5.39. The van der Waals surface area contributed by atoms with Gasteiger partial charge in [0, 0.05) is 11.4 Å². The Balaban J connectivity index is 2.69. The summed E-state index contributed by atoms with van der Waals surface area (Å²) in [7, 11) is 0. The van der Waals surface area contributed by atoms with Crippen molar-refractivity contribution in [3.8, 4) is 0 Å². The van der Waals surface area contributed by atoms with Crippen molar-refractivity contribution in [3.05, 3.63) is 34.9 Å². The van der Waals surface area contributed by atoms with Crippen LogP contribution >= 0.6 is 23.4 Å². The number of carbonyl (C=O) groups excluding carboxylic acids is 1. The Morgan fingerprint density at radius 3 is 2.93 bits per heavy atom. The molecule has 0 bridgehead atoms. The van der Waals surface area contributed by atoms with Crippen LogP contribution < -0.4 is 0 Å². The first-order valence-electron chi connectivity index (χ1n) is 4.14. The Labute approximate surface area is 92.3 Å². The third kappa shape index (κ3) is 3.33. The number of hydrogen-bond acceptors (Lipinski definition) is 3. The summed E-state index contributed by atoms with van der Waals surface area (Å²) in [5.41, 5.74) is 0.680. The van der Waals surface area contributed by atoms with E-state index in [1.807, 2.05) is 0 Å². The highest BCUT2D eigenvalue weighted by atomic mass is 35.5. The first-order valence-corrected chi connectivity index (χ1v) is 5.74. The predicted octanol–water partition coefficient (Wildman–Crippen LogP) is 2.65. The third-order valence-corrected chi connectivity index (χ3v) is 2.68. The first-order chi connectivity index (χ1) is 6.63. The molecule has 2 nitrogen and oxygen atoms in total. The zero-order valence-electron chi connectivity index (χ0n) is 7.74. The molecule has 0 fully saturated rings. The average Bonchev–Trinajstić information content (AvgIpc) is 2.17. The quantitative estimate of drug-likeness (QED) is 0.868. The van der Waals surface area contributed by atoms with Gasteiger partial charge in [-0.15, -0.1) is 0 Å². The summed E-state index contributed by atoms with van der Waals surface area (Å²) in [5.74, 6) is 0. The monoisotopic (exact) mass is 230 g/mol. The molecule has 1 aromatic rings. The summed E-state index contributed by atoms with van der Waals surface area (Å²) < 4.78 is 0. The molecule has 0 radical (unpaired) electrons. The van der Waals surface area contributed by atoms with Crippen LogP contribution in [-0.2, 0) is 4.79 Å². The van der Waals surface area contributed by atoms with E-state index < -0.39 is 6.10 Å². The number of rotatable bonds is 3. The van der Waals surface area contributed by atoms with Crippen molar-refractivity contribution in [2.24, 2.45) is 0 Å². The van der Waals surface area contributed by atoms with E-state index in [4.69, 9.17) is 11.6 Å². The topological polar surface area (TPSA) is 37.3 Å². The third-order valence-electron chi connectivity index (χ3n) is 1.82. The fourth-order valence-electron chi connectivity index (χ4n) is 1.07. The Bertz CT molecular complexity index is 328. The summed E-state index contributed by atoms with van der Waals surface area (Å²) in [5, 5.41) is 10.2. The molecule has 0 aliphatic rings. The van der Waals surface area contributed by atoms with Crippen LogP contribution in [0.5, 0.6) is 0 Å². The molecule has 0 amide bonds. The van der Waals surface area contributed by atoms with Crippen molar-refractivity contribution in [3.63, 3.8) is 0 Å². The SMILES string of the molecule is CSC(=O)CC(O)c1cccc(Cl)c1. The van der Waals surface area contributed by atoms with Crippen LogP contribution in [-0.4, -0.2) is 16.5 Å². The maximum absolute atomic E-state index is 11.1. The normalized spacial score (nSPS) is 12.5. The van der Waals surface area contributed by atoms with Crippen LogP contribution in [0, 0.1) is 0 Å². The zero-order chi connectivity index (χ0) is 10.6. The van der Waals surface area contributed by atoms with Crippen LogP contribution in [0.1, 0.15) is 18.1 Å². The Hall–Kier alpha value is -0.510. The maximum Gasteiger partial charge on any atom is 0.191 e. The fourth-order valence-corrected chi connectivity index (χ4v) is 1.60. The minimum atomic E-state index is -0.756. The molecule has 1 N–H and O–H groups in total. The van der Waals surface area contributed by atoms with E-state index in [0.29, 0.717) is 10.6 Å².